The number of rotatable bonds is 3. The van der Waals surface area contributed by atoms with E-state index in [9.17, 15) is 9.59 Å². The predicted octanol–water partition coefficient (Wildman–Crippen LogP) is 1.55. The molecule has 2 aromatic rings. The summed E-state index contributed by atoms with van der Waals surface area (Å²) in [7, 11) is 2.07. The molecule has 1 aliphatic heterocycles. The van der Waals surface area contributed by atoms with Gasteiger partial charge in [-0.3, -0.25) is 9.59 Å². The molecule has 0 bridgehead atoms. The van der Waals surface area contributed by atoms with Crippen molar-refractivity contribution >= 4 is 28.4 Å². The smallest absolute Gasteiger partial charge is 0.265 e. The summed E-state index contributed by atoms with van der Waals surface area (Å²) in [6.45, 7) is 1.88. The number of hydrogen-bond acceptors (Lipinski definition) is 3. The molecule has 2 amide bonds. The van der Waals surface area contributed by atoms with Gasteiger partial charge in [-0.05, 0) is 45.1 Å². The number of benzene rings is 1. The van der Waals surface area contributed by atoms with Gasteiger partial charge in [0, 0.05) is 11.3 Å². The van der Waals surface area contributed by atoms with Crippen LogP contribution in [0.1, 0.15) is 23.3 Å². The SMILES string of the molecule is CN1CCC(C(=O)Nc2cccc3cc(C(N)=O)[nH]c23)CC1. The van der Waals surface area contributed by atoms with Crippen molar-refractivity contribution in [2.24, 2.45) is 11.7 Å². The highest BCUT2D eigenvalue weighted by Crippen LogP contribution is 2.25. The molecule has 6 nitrogen and oxygen atoms in total. The third-order valence-electron chi connectivity index (χ3n) is 4.27. The van der Waals surface area contributed by atoms with Crippen molar-refractivity contribution < 1.29 is 9.59 Å². The average Bonchev–Trinajstić information content (AvgIpc) is 2.93. The molecule has 0 radical (unpaired) electrons. The molecule has 1 fully saturated rings. The summed E-state index contributed by atoms with van der Waals surface area (Å²) in [5, 5.41) is 3.84. The van der Waals surface area contributed by atoms with Crippen LogP contribution in [0.15, 0.2) is 24.3 Å². The van der Waals surface area contributed by atoms with E-state index in [0.29, 0.717) is 11.4 Å². The van der Waals surface area contributed by atoms with Crippen LogP contribution in [0.2, 0.25) is 0 Å². The molecule has 1 aromatic heterocycles. The van der Waals surface area contributed by atoms with Crippen molar-refractivity contribution in [3.63, 3.8) is 0 Å². The number of carbonyl (C=O) groups excluding carboxylic acids is 2. The lowest BCUT2D eigenvalue weighted by Gasteiger charge is -2.28. The van der Waals surface area contributed by atoms with E-state index in [1.807, 2.05) is 18.2 Å². The number of hydrogen-bond donors (Lipinski definition) is 3. The summed E-state index contributed by atoms with van der Waals surface area (Å²) in [4.78, 5) is 28.9. The van der Waals surface area contributed by atoms with Gasteiger partial charge < -0.3 is 20.9 Å². The average molecular weight is 300 g/mol. The van der Waals surface area contributed by atoms with E-state index in [4.69, 9.17) is 5.73 Å². The summed E-state index contributed by atoms with van der Waals surface area (Å²) >= 11 is 0. The van der Waals surface area contributed by atoms with Gasteiger partial charge >= 0.3 is 0 Å². The van der Waals surface area contributed by atoms with Crippen LogP contribution in [0, 0.1) is 5.92 Å². The number of anilines is 1. The highest BCUT2D eigenvalue weighted by atomic mass is 16.2. The van der Waals surface area contributed by atoms with Crippen molar-refractivity contribution in [1.29, 1.82) is 0 Å². The van der Waals surface area contributed by atoms with Gasteiger partial charge in [0.05, 0.1) is 11.2 Å². The molecule has 0 spiro atoms. The van der Waals surface area contributed by atoms with Crippen LogP contribution in [-0.4, -0.2) is 41.8 Å². The number of carbonyl (C=O) groups is 2. The van der Waals surface area contributed by atoms with Crippen LogP contribution >= 0.6 is 0 Å². The predicted molar refractivity (Wildman–Crippen MR) is 85.7 cm³/mol. The zero-order valence-electron chi connectivity index (χ0n) is 12.6. The Hall–Kier alpha value is -2.34. The minimum Gasteiger partial charge on any atom is -0.364 e. The zero-order valence-corrected chi connectivity index (χ0v) is 12.6. The maximum Gasteiger partial charge on any atom is 0.265 e. The van der Waals surface area contributed by atoms with Crippen molar-refractivity contribution in [2.45, 2.75) is 12.8 Å². The van der Waals surface area contributed by atoms with Gasteiger partial charge in [-0.2, -0.15) is 0 Å². The van der Waals surface area contributed by atoms with E-state index >= 15 is 0 Å². The van der Waals surface area contributed by atoms with Crippen LogP contribution in [-0.2, 0) is 4.79 Å². The van der Waals surface area contributed by atoms with Gasteiger partial charge in [-0.1, -0.05) is 12.1 Å². The number of nitrogens with zero attached hydrogens (tertiary/aromatic N) is 1. The van der Waals surface area contributed by atoms with E-state index in [0.717, 1.165) is 36.8 Å². The summed E-state index contributed by atoms with van der Waals surface area (Å²) in [6.07, 6.45) is 1.74. The first kappa shape index (κ1) is 14.6. The van der Waals surface area contributed by atoms with E-state index < -0.39 is 5.91 Å². The largest absolute Gasteiger partial charge is 0.364 e. The van der Waals surface area contributed by atoms with E-state index in [1.165, 1.54) is 0 Å². The summed E-state index contributed by atoms with van der Waals surface area (Å²) in [6, 6.07) is 7.26. The van der Waals surface area contributed by atoms with Gasteiger partial charge in [0.1, 0.15) is 5.69 Å². The Morgan fingerprint density at radius 1 is 1.32 bits per heavy atom. The zero-order chi connectivity index (χ0) is 15.7. The number of fused-ring (bicyclic) bond motifs is 1. The normalized spacial score (nSPS) is 16.8. The van der Waals surface area contributed by atoms with Crippen molar-refractivity contribution in [1.82, 2.24) is 9.88 Å². The van der Waals surface area contributed by atoms with Crippen molar-refractivity contribution in [3.8, 4) is 0 Å². The van der Waals surface area contributed by atoms with Crippen LogP contribution in [0.3, 0.4) is 0 Å². The van der Waals surface area contributed by atoms with Crippen LogP contribution in [0.4, 0.5) is 5.69 Å². The highest BCUT2D eigenvalue weighted by Gasteiger charge is 2.24. The Labute approximate surface area is 128 Å². The van der Waals surface area contributed by atoms with E-state index in [-0.39, 0.29) is 11.8 Å². The molecule has 2 heterocycles. The Balaban J connectivity index is 1.81. The first-order chi connectivity index (χ1) is 10.5. The molecule has 1 saturated heterocycles. The number of nitrogens with one attached hydrogen (secondary N) is 2. The molecule has 0 aliphatic carbocycles. The fourth-order valence-electron chi connectivity index (χ4n) is 2.90. The van der Waals surface area contributed by atoms with Gasteiger partial charge in [-0.25, -0.2) is 0 Å². The number of likely N-dealkylation sites (tertiary alicyclic amines) is 1. The number of nitrogens with two attached hydrogens (primary N) is 1. The van der Waals surface area contributed by atoms with Gasteiger partial charge in [-0.15, -0.1) is 0 Å². The number of aromatic nitrogens is 1. The molecular formula is C16H20N4O2. The van der Waals surface area contributed by atoms with Gasteiger partial charge in [0.2, 0.25) is 5.91 Å². The molecule has 4 N–H and O–H groups in total. The fourth-order valence-corrected chi connectivity index (χ4v) is 2.90. The molecule has 1 aromatic carbocycles. The lowest BCUT2D eigenvalue weighted by atomic mass is 9.96. The van der Waals surface area contributed by atoms with Gasteiger partial charge in [0.25, 0.3) is 5.91 Å². The first-order valence-electron chi connectivity index (χ1n) is 7.45. The molecule has 22 heavy (non-hydrogen) atoms. The number of piperidine rings is 1. The van der Waals surface area contributed by atoms with Crippen molar-refractivity contribution in [3.05, 3.63) is 30.0 Å². The van der Waals surface area contributed by atoms with Crippen molar-refractivity contribution in [2.75, 3.05) is 25.5 Å². The standard InChI is InChI=1S/C16H20N4O2/c1-20-7-5-10(6-8-20)16(22)19-12-4-2-3-11-9-13(15(17)21)18-14(11)12/h2-4,9-10,18H,5-8H2,1H3,(H2,17,21)(H,19,22). The van der Waals surface area contributed by atoms with Gasteiger partial charge in [0.15, 0.2) is 0 Å². The molecule has 3 rings (SSSR count). The summed E-state index contributed by atoms with van der Waals surface area (Å²) in [5.41, 5.74) is 7.06. The van der Waals surface area contributed by atoms with Crippen LogP contribution < -0.4 is 11.1 Å². The summed E-state index contributed by atoms with van der Waals surface area (Å²) in [5.74, 6) is -0.434. The van der Waals surface area contributed by atoms with E-state index in [2.05, 4.69) is 22.2 Å². The molecule has 0 atom stereocenters. The van der Waals surface area contributed by atoms with Crippen LogP contribution in [0.5, 0.6) is 0 Å². The Bertz CT molecular complexity index is 714. The third-order valence-corrected chi connectivity index (χ3v) is 4.27. The maximum atomic E-state index is 12.4. The second-order valence-electron chi connectivity index (χ2n) is 5.88. The molecule has 6 heteroatoms. The molecule has 0 unspecified atom stereocenters. The number of para-hydroxylation sites is 1. The second-order valence-corrected chi connectivity index (χ2v) is 5.88. The number of H-pyrrole nitrogens is 1. The Kier molecular flexibility index (Phi) is 3.85. The minimum absolute atomic E-state index is 0.0378. The summed E-state index contributed by atoms with van der Waals surface area (Å²) < 4.78 is 0. The quantitative estimate of drug-likeness (QED) is 0.803. The lowest BCUT2D eigenvalue weighted by Crippen LogP contribution is -2.35. The molecule has 1 aliphatic rings. The Morgan fingerprint density at radius 2 is 2.05 bits per heavy atom. The topological polar surface area (TPSA) is 91.2 Å². The second kappa shape index (κ2) is 5.81. The third kappa shape index (κ3) is 2.82. The maximum absolute atomic E-state index is 12.4. The monoisotopic (exact) mass is 300 g/mol. The number of aromatic amines is 1. The fraction of sp³-hybridized carbons (Fsp3) is 0.375. The molecular weight excluding hydrogens is 280 g/mol. The lowest BCUT2D eigenvalue weighted by molar-refractivity contribution is -0.121. The highest BCUT2D eigenvalue weighted by molar-refractivity contribution is 6.04. The number of primary amides is 1. The van der Waals surface area contributed by atoms with E-state index in [1.54, 1.807) is 6.07 Å². The molecule has 0 saturated carbocycles. The molecule has 116 valence electrons. The van der Waals surface area contributed by atoms with Crippen LogP contribution in [0.25, 0.3) is 10.9 Å². The Morgan fingerprint density at radius 3 is 2.73 bits per heavy atom. The first-order valence-corrected chi connectivity index (χ1v) is 7.45. The number of amides is 2. The minimum atomic E-state index is -0.510.